The molecule has 2 aliphatic rings. The minimum Gasteiger partial charge on any atom is -0.367 e. The molecule has 6 nitrogen and oxygen atoms in total. The average molecular weight is 375 g/mol. The number of carbonyl (C=O) groups is 1. The van der Waals surface area contributed by atoms with E-state index in [0.29, 0.717) is 12.5 Å². The molecule has 1 aromatic carbocycles. The van der Waals surface area contributed by atoms with Gasteiger partial charge < -0.3 is 14.8 Å². The SMILES string of the molecule is O=C1N(Cc2cc[nH]c2)CCCC12CCN(c1cnc3ccccc3n1)CC2. The van der Waals surface area contributed by atoms with Crippen molar-refractivity contribution in [3.05, 3.63) is 54.5 Å². The highest BCUT2D eigenvalue weighted by molar-refractivity contribution is 5.84. The van der Waals surface area contributed by atoms with Crippen LogP contribution >= 0.6 is 0 Å². The van der Waals surface area contributed by atoms with Crippen LogP contribution < -0.4 is 4.90 Å². The van der Waals surface area contributed by atoms with Gasteiger partial charge in [0.05, 0.1) is 22.6 Å². The largest absolute Gasteiger partial charge is 0.367 e. The van der Waals surface area contributed by atoms with E-state index in [1.807, 2.05) is 42.9 Å². The van der Waals surface area contributed by atoms with Gasteiger partial charge in [0.1, 0.15) is 5.82 Å². The van der Waals surface area contributed by atoms with E-state index < -0.39 is 0 Å². The van der Waals surface area contributed by atoms with Crippen molar-refractivity contribution in [1.29, 1.82) is 0 Å². The zero-order valence-corrected chi connectivity index (χ0v) is 16.0. The molecule has 4 heterocycles. The van der Waals surface area contributed by atoms with Gasteiger partial charge in [-0.05, 0) is 49.4 Å². The van der Waals surface area contributed by atoms with Crippen molar-refractivity contribution in [2.45, 2.75) is 32.2 Å². The highest BCUT2D eigenvalue weighted by Gasteiger charge is 2.45. The van der Waals surface area contributed by atoms with Gasteiger partial charge in [0.25, 0.3) is 0 Å². The smallest absolute Gasteiger partial charge is 0.229 e. The third-order valence-corrected chi connectivity index (χ3v) is 6.34. The molecule has 28 heavy (non-hydrogen) atoms. The van der Waals surface area contributed by atoms with E-state index in [1.54, 1.807) is 0 Å². The predicted octanol–water partition coefficient (Wildman–Crippen LogP) is 3.37. The van der Waals surface area contributed by atoms with Gasteiger partial charge >= 0.3 is 0 Å². The fraction of sp³-hybridized carbons (Fsp3) is 0.409. The van der Waals surface area contributed by atoms with E-state index >= 15 is 0 Å². The Morgan fingerprint density at radius 3 is 2.64 bits per heavy atom. The Balaban J connectivity index is 1.30. The number of anilines is 1. The maximum Gasteiger partial charge on any atom is 0.229 e. The molecular weight excluding hydrogens is 350 g/mol. The summed E-state index contributed by atoms with van der Waals surface area (Å²) in [5, 5.41) is 0. The molecule has 0 radical (unpaired) electrons. The third kappa shape index (κ3) is 3.03. The number of benzene rings is 1. The number of hydrogen-bond acceptors (Lipinski definition) is 4. The number of rotatable bonds is 3. The predicted molar refractivity (Wildman–Crippen MR) is 109 cm³/mol. The van der Waals surface area contributed by atoms with Crippen molar-refractivity contribution in [3.63, 3.8) is 0 Å². The Labute approximate surface area is 164 Å². The van der Waals surface area contributed by atoms with Gasteiger partial charge in [-0.3, -0.25) is 9.78 Å². The number of H-pyrrole nitrogens is 1. The number of hydrogen-bond donors (Lipinski definition) is 1. The molecule has 2 aliphatic heterocycles. The Bertz CT molecular complexity index is 976. The van der Waals surface area contributed by atoms with Crippen molar-refractivity contribution < 1.29 is 4.79 Å². The molecule has 5 rings (SSSR count). The maximum absolute atomic E-state index is 13.3. The lowest BCUT2D eigenvalue weighted by Gasteiger charge is -2.46. The number of piperidine rings is 2. The second kappa shape index (κ2) is 6.93. The van der Waals surface area contributed by atoms with E-state index in [1.165, 1.54) is 5.56 Å². The first-order valence-corrected chi connectivity index (χ1v) is 10.1. The molecule has 0 unspecified atom stereocenters. The zero-order valence-electron chi connectivity index (χ0n) is 16.0. The summed E-state index contributed by atoms with van der Waals surface area (Å²) in [5.74, 6) is 1.25. The fourth-order valence-corrected chi connectivity index (χ4v) is 4.71. The number of para-hydroxylation sites is 2. The van der Waals surface area contributed by atoms with Gasteiger partial charge in [0.2, 0.25) is 5.91 Å². The van der Waals surface area contributed by atoms with Crippen molar-refractivity contribution in [1.82, 2.24) is 19.9 Å². The fourth-order valence-electron chi connectivity index (χ4n) is 4.71. The topological polar surface area (TPSA) is 65.1 Å². The van der Waals surface area contributed by atoms with Crippen molar-refractivity contribution >= 4 is 22.8 Å². The summed E-state index contributed by atoms with van der Waals surface area (Å²) in [7, 11) is 0. The standard InChI is InChI=1S/C22H25N5O/c28-21-22(7-3-11-27(21)16-17-6-10-23-14-17)8-12-26(13-9-22)20-15-24-18-4-1-2-5-19(18)25-20/h1-2,4-6,10,14-15,23H,3,7-9,11-13,16H2. The first-order chi connectivity index (χ1) is 13.7. The molecule has 2 saturated heterocycles. The molecule has 0 bridgehead atoms. The van der Waals surface area contributed by atoms with Crippen LogP contribution in [0.1, 0.15) is 31.2 Å². The van der Waals surface area contributed by atoms with Crippen LogP contribution in [0.2, 0.25) is 0 Å². The summed E-state index contributed by atoms with van der Waals surface area (Å²) in [6.45, 7) is 3.29. The van der Waals surface area contributed by atoms with Crippen LogP contribution in [0.3, 0.4) is 0 Å². The second-order valence-electron chi connectivity index (χ2n) is 8.03. The molecule has 1 spiro atoms. The molecule has 0 aliphatic carbocycles. The van der Waals surface area contributed by atoms with Gasteiger partial charge in [-0.15, -0.1) is 0 Å². The van der Waals surface area contributed by atoms with Gasteiger partial charge in [-0.25, -0.2) is 4.98 Å². The number of carbonyl (C=O) groups excluding carboxylic acids is 1. The second-order valence-corrected chi connectivity index (χ2v) is 8.03. The molecule has 0 saturated carbocycles. The molecule has 2 fully saturated rings. The summed E-state index contributed by atoms with van der Waals surface area (Å²) in [6, 6.07) is 10.0. The number of aromatic nitrogens is 3. The Kier molecular flexibility index (Phi) is 4.26. The maximum atomic E-state index is 13.3. The van der Waals surface area contributed by atoms with E-state index in [9.17, 15) is 4.79 Å². The summed E-state index contributed by atoms with van der Waals surface area (Å²) < 4.78 is 0. The highest BCUT2D eigenvalue weighted by Crippen LogP contribution is 2.42. The number of likely N-dealkylation sites (tertiary alicyclic amines) is 1. The summed E-state index contributed by atoms with van der Waals surface area (Å²) in [4.78, 5) is 30.1. The molecule has 2 aromatic heterocycles. The summed E-state index contributed by atoms with van der Waals surface area (Å²) in [6.07, 6.45) is 9.64. The molecule has 6 heteroatoms. The van der Waals surface area contributed by atoms with Gasteiger partial charge in [-0.2, -0.15) is 0 Å². The average Bonchev–Trinajstić information content (AvgIpc) is 3.25. The number of aromatic amines is 1. The third-order valence-electron chi connectivity index (χ3n) is 6.34. The van der Waals surface area contributed by atoms with Crippen LogP contribution in [0.25, 0.3) is 11.0 Å². The van der Waals surface area contributed by atoms with Crippen molar-refractivity contribution in [2.75, 3.05) is 24.5 Å². The lowest BCUT2D eigenvalue weighted by Crippen LogP contribution is -2.53. The van der Waals surface area contributed by atoms with Crippen LogP contribution in [0.15, 0.2) is 48.9 Å². The number of amides is 1. The minimum absolute atomic E-state index is 0.199. The first-order valence-electron chi connectivity index (χ1n) is 10.1. The van der Waals surface area contributed by atoms with Gasteiger partial charge in [-0.1, -0.05) is 12.1 Å². The van der Waals surface area contributed by atoms with E-state index in [2.05, 4.69) is 25.8 Å². The molecule has 1 N–H and O–H groups in total. The minimum atomic E-state index is -0.199. The summed E-state index contributed by atoms with van der Waals surface area (Å²) >= 11 is 0. The number of nitrogens with one attached hydrogen (secondary N) is 1. The lowest BCUT2D eigenvalue weighted by atomic mass is 9.71. The highest BCUT2D eigenvalue weighted by atomic mass is 16.2. The van der Waals surface area contributed by atoms with Gasteiger partial charge in [0, 0.05) is 38.6 Å². The van der Waals surface area contributed by atoms with E-state index in [-0.39, 0.29) is 5.41 Å². The molecule has 1 amide bonds. The molecule has 3 aromatic rings. The summed E-state index contributed by atoms with van der Waals surface area (Å²) in [5.41, 5.74) is 2.82. The van der Waals surface area contributed by atoms with Gasteiger partial charge in [0.15, 0.2) is 0 Å². The van der Waals surface area contributed by atoms with Crippen molar-refractivity contribution in [2.24, 2.45) is 5.41 Å². The Morgan fingerprint density at radius 1 is 1.04 bits per heavy atom. The monoisotopic (exact) mass is 375 g/mol. The molecular formula is C22H25N5O. The zero-order chi connectivity index (χ0) is 19.0. The molecule has 144 valence electrons. The van der Waals surface area contributed by atoms with E-state index in [4.69, 9.17) is 4.98 Å². The molecule has 0 atom stereocenters. The number of nitrogens with zero attached hydrogens (tertiary/aromatic N) is 4. The van der Waals surface area contributed by atoms with Crippen LogP contribution in [0.4, 0.5) is 5.82 Å². The van der Waals surface area contributed by atoms with Crippen LogP contribution in [0.5, 0.6) is 0 Å². The first kappa shape index (κ1) is 17.2. The van der Waals surface area contributed by atoms with E-state index in [0.717, 1.165) is 62.2 Å². The quantitative estimate of drug-likeness (QED) is 0.762. The van der Waals surface area contributed by atoms with Crippen LogP contribution in [-0.2, 0) is 11.3 Å². The van der Waals surface area contributed by atoms with Crippen LogP contribution in [-0.4, -0.2) is 45.4 Å². The van der Waals surface area contributed by atoms with Crippen LogP contribution in [0, 0.1) is 5.41 Å². The van der Waals surface area contributed by atoms with Crippen molar-refractivity contribution in [3.8, 4) is 0 Å². The Morgan fingerprint density at radius 2 is 1.86 bits per heavy atom. The normalized spacial score (nSPS) is 19.5. The number of fused-ring (bicyclic) bond motifs is 1. The lowest BCUT2D eigenvalue weighted by molar-refractivity contribution is -0.148. The Hall–Kier alpha value is -2.89.